The highest BCUT2D eigenvalue weighted by Gasteiger charge is 2.31. The summed E-state index contributed by atoms with van der Waals surface area (Å²) in [6.45, 7) is 4.52. The van der Waals surface area contributed by atoms with Crippen molar-refractivity contribution in [3.05, 3.63) is 34.3 Å². The molecule has 1 aromatic rings. The first-order chi connectivity index (χ1) is 8.24. The molecule has 0 radical (unpaired) electrons. The Hall–Kier alpha value is -0.340. The Morgan fingerprint density at radius 3 is 2.41 bits per heavy atom. The molecule has 1 aliphatic carbocycles. The molecule has 0 spiro atoms. The summed E-state index contributed by atoms with van der Waals surface area (Å²) in [7, 11) is 0. The van der Waals surface area contributed by atoms with E-state index < -0.39 is 0 Å². The zero-order chi connectivity index (χ0) is 12.1. The van der Waals surface area contributed by atoms with E-state index in [4.69, 9.17) is 0 Å². The van der Waals surface area contributed by atoms with Crippen molar-refractivity contribution in [2.75, 3.05) is 6.54 Å². The van der Waals surface area contributed by atoms with Crippen molar-refractivity contribution in [3.8, 4) is 0 Å². The molecule has 1 saturated carbocycles. The van der Waals surface area contributed by atoms with Gasteiger partial charge >= 0.3 is 0 Å². The summed E-state index contributed by atoms with van der Waals surface area (Å²) in [5.74, 6) is 0. The predicted molar refractivity (Wildman–Crippen MR) is 77.0 cm³/mol. The molecule has 0 heterocycles. The number of hydrogen-bond donors (Lipinski definition) is 1. The van der Waals surface area contributed by atoms with Gasteiger partial charge in [-0.1, -0.05) is 47.8 Å². The molecule has 2 rings (SSSR count). The molecule has 1 nitrogen and oxygen atoms in total. The van der Waals surface area contributed by atoms with Crippen molar-refractivity contribution < 1.29 is 0 Å². The molecule has 17 heavy (non-hydrogen) atoms. The normalized spacial score (nSPS) is 18.5. The lowest BCUT2D eigenvalue weighted by molar-refractivity contribution is 0.268. The van der Waals surface area contributed by atoms with E-state index in [-0.39, 0.29) is 0 Å². The maximum absolute atomic E-state index is 3.64. The molecular formula is C15H22BrN. The van der Waals surface area contributed by atoms with Crippen LogP contribution in [0.3, 0.4) is 0 Å². The third kappa shape index (κ3) is 3.56. The van der Waals surface area contributed by atoms with Crippen molar-refractivity contribution in [1.82, 2.24) is 5.32 Å². The largest absolute Gasteiger partial charge is 0.312 e. The lowest BCUT2D eigenvalue weighted by atomic mass is 9.83. The second-order valence-corrected chi connectivity index (χ2v) is 6.21. The SMILES string of the molecule is CCC1(CNCc2ccc(Br)cc2)CCCC1. The van der Waals surface area contributed by atoms with Crippen LogP contribution in [-0.4, -0.2) is 6.54 Å². The van der Waals surface area contributed by atoms with Crippen LogP contribution in [0.25, 0.3) is 0 Å². The van der Waals surface area contributed by atoms with Crippen LogP contribution in [0.15, 0.2) is 28.7 Å². The molecule has 1 N–H and O–H groups in total. The van der Waals surface area contributed by atoms with Crippen molar-refractivity contribution in [2.45, 2.75) is 45.6 Å². The Kier molecular flexibility index (Phi) is 4.63. The average Bonchev–Trinajstić information content (AvgIpc) is 2.81. The Labute approximate surface area is 113 Å². The highest BCUT2D eigenvalue weighted by molar-refractivity contribution is 9.10. The van der Waals surface area contributed by atoms with Gasteiger partial charge in [0.1, 0.15) is 0 Å². The maximum atomic E-state index is 3.64. The quantitative estimate of drug-likeness (QED) is 0.843. The Morgan fingerprint density at radius 2 is 1.82 bits per heavy atom. The molecular weight excluding hydrogens is 274 g/mol. The van der Waals surface area contributed by atoms with E-state index in [0.29, 0.717) is 5.41 Å². The van der Waals surface area contributed by atoms with E-state index >= 15 is 0 Å². The molecule has 0 aliphatic heterocycles. The summed E-state index contributed by atoms with van der Waals surface area (Å²) in [5.41, 5.74) is 1.97. The van der Waals surface area contributed by atoms with Crippen LogP contribution in [0.4, 0.5) is 0 Å². The van der Waals surface area contributed by atoms with Crippen molar-refractivity contribution in [3.63, 3.8) is 0 Å². The minimum Gasteiger partial charge on any atom is -0.312 e. The molecule has 1 aliphatic rings. The molecule has 94 valence electrons. The highest BCUT2D eigenvalue weighted by Crippen LogP contribution is 2.40. The van der Waals surface area contributed by atoms with E-state index in [1.54, 1.807) is 0 Å². The number of hydrogen-bond acceptors (Lipinski definition) is 1. The van der Waals surface area contributed by atoms with Gasteiger partial charge in [-0.2, -0.15) is 0 Å². The number of nitrogens with one attached hydrogen (secondary N) is 1. The van der Waals surface area contributed by atoms with E-state index in [1.165, 1.54) is 44.2 Å². The van der Waals surface area contributed by atoms with Gasteiger partial charge in [0, 0.05) is 17.6 Å². The zero-order valence-corrected chi connectivity index (χ0v) is 12.2. The lowest BCUT2D eigenvalue weighted by Gasteiger charge is -2.27. The minimum absolute atomic E-state index is 0.593. The van der Waals surface area contributed by atoms with Crippen LogP contribution < -0.4 is 5.32 Å². The summed E-state index contributed by atoms with van der Waals surface area (Å²) in [4.78, 5) is 0. The zero-order valence-electron chi connectivity index (χ0n) is 10.6. The van der Waals surface area contributed by atoms with Gasteiger partial charge in [0.25, 0.3) is 0 Å². The second-order valence-electron chi connectivity index (χ2n) is 5.29. The summed E-state index contributed by atoms with van der Waals surface area (Å²) >= 11 is 3.47. The highest BCUT2D eigenvalue weighted by atomic mass is 79.9. The molecule has 0 amide bonds. The smallest absolute Gasteiger partial charge is 0.0205 e. The van der Waals surface area contributed by atoms with Crippen LogP contribution >= 0.6 is 15.9 Å². The van der Waals surface area contributed by atoms with Crippen molar-refractivity contribution in [2.24, 2.45) is 5.41 Å². The molecule has 0 saturated heterocycles. The molecule has 2 heteroatoms. The van der Waals surface area contributed by atoms with Crippen LogP contribution in [0.5, 0.6) is 0 Å². The Bertz CT molecular complexity index is 338. The van der Waals surface area contributed by atoms with Gasteiger partial charge in [-0.15, -0.1) is 0 Å². The summed E-state index contributed by atoms with van der Waals surface area (Å²) in [5, 5.41) is 3.64. The maximum Gasteiger partial charge on any atom is 0.0205 e. The molecule has 0 bridgehead atoms. The first-order valence-electron chi connectivity index (χ1n) is 6.69. The van der Waals surface area contributed by atoms with E-state index in [9.17, 15) is 0 Å². The fraction of sp³-hybridized carbons (Fsp3) is 0.600. The van der Waals surface area contributed by atoms with Crippen molar-refractivity contribution in [1.29, 1.82) is 0 Å². The number of rotatable bonds is 5. The van der Waals surface area contributed by atoms with Crippen LogP contribution in [-0.2, 0) is 6.54 Å². The van der Waals surface area contributed by atoms with Gasteiger partial charge in [-0.25, -0.2) is 0 Å². The molecule has 1 fully saturated rings. The molecule has 0 aromatic heterocycles. The summed E-state index contributed by atoms with van der Waals surface area (Å²) < 4.78 is 1.15. The number of halogens is 1. The second kappa shape index (κ2) is 6.01. The van der Waals surface area contributed by atoms with Gasteiger partial charge in [0.05, 0.1) is 0 Å². The van der Waals surface area contributed by atoms with Gasteiger partial charge in [0.15, 0.2) is 0 Å². The summed E-state index contributed by atoms with van der Waals surface area (Å²) in [6, 6.07) is 8.60. The van der Waals surface area contributed by atoms with Crippen LogP contribution in [0, 0.1) is 5.41 Å². The van der Waals surface area contributed by atoms with Gasteiger partial charge < -0.3 is 5.32 Å². The number of benzene rings is 1. The molecule has 1 aromatic carbocycles. The van der Waals surface area contributed by atoms with E-state index in [1.807, 2.05) is 0 Å². The fourth-order valence-electron chi connectivity index (χ4n) is 2.85. The monoisotopic (exact) mass is 295 g/mol. The standard InChI is InChI=1S/C15H22BrN/c1-2-15(9-3-4-10-15)12-17-11-13-5-7-14(16)8-6-13/h5-8,17H,2-4,9-12H2,1H3. The predicted octanol–water partition coefficient (Wildman–Crippen LogP) is 4.51. The van der Waals surface area contributed by atoms with Gasteiger partial charge in [-0.3, -0.25) is 0 Å². The van der Waals surface area contributed by atoms with E-state index in [0.717, 1.165) is 11.0 Å². The first kappa shape index (κ1) is 13.1. The summed E-state index contributed by atoms with van der Waals surface area (Å²) in [6.07, 6.45) is 7.00. The van der Waals surface area contributed by atoms with E-state index in [2.05, 4.69) is 52.4 Å². The van der Waals surface area contributed by atoms with Crippen LogP contribution in [0.1, 0.15) is 44.6 Å². The third-order valence-electron chi connectivity index (χ3n) is 4.16. The Balaban J connectivity index is 1.80. The Morgan fingerprint density at radius 1 is 1.18 bits per heavy atom. The topological polar surface area (TPSA) is 12.0 Å². The fourth-order valence-corrected chi connectivity index (χ4v) is 3.12. The van der Waals surface area contributed by atoms with Crippen LogP contribution in [0.2, 0.25) is 0 Å². The first-order valence-corrected chi connectivity index (χ1v) is 7.49. The third-order valence-corrected chi connectivity index (χ3v) is 4.69. The molecule has 0 atom stereocenters. The minimum atomic E-state index is 0.593. The molecule has 0 unspecified atom stereocenters. The van der Waals surface area contributed by atoms with Gasteiger partial charge in [-0.05, 0) is 42.4 Å². The van der Waals surface area contributed by atoms with Crippen molar-refractivity contribution >= 4 is 15.9 Å². The lowest BCUT2D eigenvalue weighted by Crippen LogP contribution is -2.31. The van der Waals surface area contributed by atoms with Gasteiger partial charge in [0.2, 0.25) is 0 Å². The average molecular weight is 296 g/mol.